The first kappa shape index (κ1) is 36.7. The van der Waals surface area contributed by atoms with Gasteiger partial charge in [0.25, 0.3) is 0 Å². The van der Waals surface area contributed by atoms with Gasteiger partial charge >= 0.3 is 18.0 Å². The number of rotatable bonds is 9. The minimum atomic E-state index is -1.14. The average molecular weight is 627 g/mol. The number of ether oxygens (including phenoxy) is 3. The summed E-state index contributed by atoms with van der Waals surface area (Å²) in [5.74, 6) is -2.01. The number of alkyl carbamates (subject to hydrolysis) is 1. The maximum atomic E-state index is 12.5. The van der Waals surface area contributed by atoms with Crippen LogP contribution in [-0.2, 0) is 33.4 Å². The van der Waals surface area contributed by atoms with Crippen molar-refractivity contribution in [2.45, 2.75) is 83.6 Å². The smallest absolute Gasteiger partial charge is 0.407 e. The molecule has 0 radical (unpaired) electrons. The predicted molar refractivity (Wildman–Crippen MR) is 169 cm³/mol. The lowest BCUT2D eigenvalue weighted by Gasteiger charge is -2.24. The highest BCUT2D eigenvalue weighted by atomic mass is 16.6. The van der Waals surface area contributed by atoms with Gasteiger partial charge in [0.05, 0.1) is 12.8 Å². The fraction of sp³-hybridized carbons (Fsp3) is 0.485. The quantitative estimate of drug-likeness (QED) is 0.241. The number of nitrogens with two attached hydrogens (primary N) is 1. The number of amides is 3. The second-order valence-corrected chi connectivity index (χ2v) is 12.5. The van der Waals surface area contributed by atoms with Crippen molar-refractivity contribution < 1.29 is 38.2 Å². The van der Waals surface area contributed by atoms with E-state index < -0.39 is 47.2 Å². The molecule has 0 saturated carbocycles. The van der Waals surface area contributed by atoms with Crippen LogP contribution in [0, 0.1) is 0 Å². The fourth-order valence-electron chi connectivity index (χ4n) is 4.40. The second-order valence-electron chi connectivity index (χ2n) is 12.5. The monoisotopic (exact) mass is 626 g/mol. The van der Waals surface area contributed by atoms with E-state index in [4.69, 9.17) is 19.9 Å². The Kier molecular flexibility index (Phi) is 13.1. The molecule has 3 rings (SSSR count). The van der Waals surface area contributed by atoms with E-state index in [0.29, 0.717) is 0 Å². The SMILES string of the molecule is CNC(=O)C[C@@H](N)C(=O)OC(C)(C)C.CNC(=O)C[C@@H](NC(=O)OCC1c2ccccc2-c2ccccc21)C(=O)OC(C)(C)C. The Morgan fingerprint density at radius 3 is 1.64 bits per heavy atom. The van der Waals surface area contributed by atoms with E-state index in [9.17, 15) is 24.0 Å². The maximum Gasteiger partial charge on any atom is 0.407 e. The van der Waals surface area contributed by atoms with Gasteiger partial charge < -0.3 is 35.9 Å². The molecule has 0 bridgehead atoms. The Bertz CT molecular complexity index is 1320. The number of hydrogen-bond acceptors (Lipinski definition) is 9. The fourth-order valence-corrected chi connectivity index (χ4v) is 4.40. The zero-order valence-corrected chi connectivity index (χ0v) is 27.3. The Labute approximate surface area is 264 Å². The van der Waals surface area contributed by atoms with Gasteiger partial charge in [-0.2, -0.15) is 0 Å². The number of hydrogen-bond donors (Lipinski definition) is 4. The number of carbonyl (C=O) groups excluding carboxylic acids is 5. The van der Waals surface area contributed by atoms with Crippen molar-refractivity contribution in [3.63, 3.8) is 0 Å². The molecule has 0 heterocycles. The summed E-state index contributed by atoms with van der Waals surface area (Å²) in [5, 5.41) is 7.31. The first-order chi connectivity index (χ1) is 21.0. The van der Waals surface area contributed by atoms with E-state index >= 15 is 0 Å². The van der Waals surface area contributed by atoms with Crippen LogP contribution >= 0.6 is 0 Å². The van der Waals surface area contributed by atoms with Crippen LogP contribution in [0.25, 0.3) is 11.1 Å². The van der Waals surface area contributed by atoms with Crippen molar-refractivity contribution in [2.24, 2.45) is 5.73 Å². The number of fused-ring (bicyclic) bond motifs is 3. The number of carbonyl (C=O) groups is 5. The zero-order valence-electron chi connectivity index (χ0n) is 27.3. The summed E-state index contributed by atoms with van der Waals surface area (Å²) >= 11 is 0. The lowest BCUT2D eigenvalue weighted by molar-refractivity contribution is -0.158. The van der Waals surface area contributed by atoms with Gasteiger partial charge in [-0.1, -0.05) is 48.5 Å². The van der Waals surface area contributed by atoms with E-state index in [1.54, 1.807) is 41.5 Å². The van der Waals surface area contributed by atoms with Crippen molar-refractivity contribution in [3.05, 3.63) is 59.7 Å². The van der Waals surface area contributed by atoms with Crippen LogP contribution in [0.3, 0.4) is 0 Å². The van der Waals surface area contributed by atoms with Gasteiger partial charge in [-0.15, -0.1) is 0 Å². The zero-order chi connectivity index (χ0) is 33.9. The third-order valence-corrected chi connectivity index (χ3v) is 6.39. The molecule has 0 aliphatic heterocycles. The number of benzene rings is 2. The summed E-state index contributed by atoms with van der Waals surface area (Å²) in [6, 6.07) is 14.0. The molecule has 3 amide bonds. The number of esters is 2. The van der Waals surface area contributed by atoms with Crippen molar-refractivity contribution in [3.8, 4) is 11.1 Å². The summed E-state index contributed by atoms with van der Waals surface area (Å²) in [6.07, 6.45) is -1.07. The summed E-state index contributed by atoms with van der Waals surface area (Å²) < 4.78 is 15.8. The molecule has 0 fully saturated rings. The van der Waals surface area contributed by atoms with E-state index in [1.165, 1.54) is 14.1 Å². The lowest BCUT2D eigenvalue weighted by Crippen LogP contribution is -2.46. The van der Waals surface area contributed by atoms with Crippen molar-refractivity contribution in [2.75, 3.05) is 20.7 Å². The van der Waals surface area contributed by atoms with E-state index in [0.717, 1.165) is 22.3 Å². The molecule has 0 aromatic heterocycles. The first-order valence-corrected chi connectivity index (χ1v) is 14.7. The van der Waals surface area contributed by atoms with Crippen LogP contribution in [0.1, 0.15) is 71.4 Å². The van der Waals surface area contributed by atoms with Gasteiger partial charge in [-0.05, 0) is 63.8 Å². The van der Waals surface area contributed by atoms with Crippen LogP contribution in [-0.4, -0.2) is 73.8 Å². The average Bonchev–Trinajstić information content (AvgIpc) is 3.27. The molecule has 2 aromatic rings. The van der Waals surface area contributed by atoms with Gasteiger partial charge in [0, 0.05) is 20.0 Å². The molecule has 12 heteroatoms. The molecule has 1 aliphatic carbocycles. The Morgan fingerprint density at radius 1 is 0.733 bits per heavy atom. The normalized spacial score (nSPS) is 13.4. The molecule has 5 N–H and O–H groups in total. The van der Waals surface area contributed by atoms with Gasteiger partial charge in [-0.25, -0.2) is 9.59 Å². The molecule has 2 atom stereocenters. The Balaban J connectivity index is 0.000000426. The molecule has 246 valence electrons. The largest absolute Gasteiger partial charge is 0.459 e. The molecule has 0 spiro atoms. The summed E-state index contributed by atoms with van der Waals surface area (Å²) in [4.78, 5) is 58.9. The predicted octanol–water partition coefficient (Wildman–Crippen LogP) is 3.16. The van der Waals surface area contributed by atoms with Gasteiger partial charge in [-0.3, -0.25) is 14.4 Å². The number of nitrogens with one attached hydrogen (secondary N) is 3. The maximum absolute atomic E-state index is 12.5. The topological polar surface area (TPSA) is 175 Å². The van der Waals surface area contributed by atoms with E-state index in [-0.39, 0.29) is 31.3 Å². The molecule has 0 saturated heterocycles. The summed E-state index contributed by atoms with van der Waals surface area (Å²) in [7, 11) is 2.95. The van der Waals surface area contributed by atoms with Crippen LogP contribution in [0.2, 0.25) is 0 Å². The Morgan fingerprint density at radius 2 is 1.18 bits per heavy atom. The second kappa shape index (κ2) is 16.0. The third-order valence-electron chi connectivity index (χ3n) is 6.39. The highest BCUT2D eigenvalue weighted by Gasteiger charge is 2.32. The highest BCUT2D eigenvalue weighted by Crippen LogP contribution is 2.44. The van der Waals surface area contributed by atoms with Gasteiger partial charge in [0.2, 0.25) is 11.8 Å². The van der Waals surface area contributed by atoms with Gasteiger partial charge in [0.15, 0.2) is 0 Å². The summed E-state index contributed by atoms with van der Waals surface area (Å²) in [6.45, 7) is 10.5. The van der Waals surface area contributed by atoms with Crippen LogP contribution < -0.4 is 21.7 Å². The molecule has 12 nitrogen and oxygen atoms in total. The Hall–Kier alpha value is -4.45. The van der Waals surface area contributed by atoms with Crippen LogP contribution in [0.15, 0.2) is 48.5 Å². The lowest BCUT2D eigenvalue weighted by atomic mass is 9.98. The molecular formula is C33H46N4O8. The molecule has 2 aromatic carbocycles. The standard InChI is InChI=1S/C24H28N2O5.C9H18N2O3/c1-24(2,3)31-22(28)20(13-21(27)25-4)26-23(29)30-14-19-17-11-7-5-9-15(17)16-10-6-8-12-18(16)19;1-9(2,3)14-8(13)6(10)5-7(12)11-4/h5-12,19-20H,13-14H2,1-4H3,(H,25,27)(H,26,29);6H,5,10H2,1-4H3,(H,11,12)/t20-;6-/m11/s1. The summed E-state index contributed by atoms with van der Waals surface area (Å²) in [5.41, 5.74) is 8.57. The molecule has 45 heavy (non-hydrogen) atoms. The third kappa shape index (κ3) is 11.9. The molecule has 0 unspecified atom stereocenters. The minimum Gasteiger partial charge on any atom is -0.459 e. The van der Waals surface area contributed by atoms with E-state index in [1.807, 2.05) is 36.4 Å². The van der Waals surface area contributed by atoms with Crippen LogP contribution in [0.4, 0.5) is 4.79 Å². The first-order valence-electron chi connectivity index (χ1n) is 14.7. The molecule has 1 aliphatic rings. The van der Waals surface area contributed by atoms with Crippen molar-refractivity contribution in [1.29, 1.82) is 0 Å². The van der Waals surface area contributed by atoms with Crippen molar-refractivity contribution in [1.82, 2.24) is 16.0 Å². The van der Waals surface area contributed by atoms with Gasteiger partial charge in [0.1, 0.15) is 29.9 Å². The van der Waals surface area contributed by atoms with Crippen LogP contribution in [0.5, 0.6) is 0 Å². The van der Waals surface area contributed by atoms with Crippen molar-refractivity contribution >= 4 is 29.8 Å². The minimum absolute atomic E-state index is 0.0502. The van der Waals surface area contributed by atoms with E-state index in [2.05, 4.69) is 28.1 Å². The molecular weight excluding hydrogens is 580 g/mol. The highest BCUT2D eigenvalue weighted by molar-refractivity contribution is 5.88.